The van der Waals surface area contributed by atoms with Crippen molar-refractivity contribution >= 4 is 6.09 Å². The smallest absolute Gasteiger partial charge is 0.410 e. The maximum atomic E-state index is 12.2. The Morgan fingerprint density at radius 3 is 2.88 bits per heavy atom. The highest BCUT2D eigenvalue weighted by Gasteiger charge is 2.64. The molecule has 1 saturated heterocycles. The van der Waals surface area contributed by atoms with Crippen LogP contribution >= 0.6 is 0 Å². The van der Waals surface area contributed by atoms with Crippen LogP contribution in [0.25, 0.3) is 0 Å². The molecule has 1 unspecified atom stereocenters. The SMILES string of the molecule is C[C@@]12CCCC[C@H]3CC3(Cc3ccc(OC(=O)N4CCC4)cc31)[C@@H]2N. The Morgan fingerprint density at radius 1 is 1.28 bits per heavy atom. The predicted octanol–water partition coefficient (Wildman–Crippen LogP) is 3.61. The van der Waals surface area contributed by atoms with E-state index in [1.807, 2.05) is 6.07 Å². The van der Waals surface area contributed by atoms with E-state index in [9.17, 15) is 4.79 Å². The summed E-state index contributed by atoms with van der Waals surface area (Å²) in [5, 5.41) is 0. The number of likely N-dealkylation sites (tertiary alicyclic amines) is 1. The molecule has 4 heteroatoms. The van der Waals surface area contributed by atoms with Gasteiger partial charge in [0.15, 0.2) is 0 Å². The molecule has 1 heterocycles. The summed E-state index contributed by atoms with van der Waals surface area (Å²) in [5.41, 5.74) is 9.98. The highest BCUT2D eigenvalue weighted by atomic mass is 16.6. The monoisotopic (exact) mass is 340 g/mol. The second-order valence-corrected chi connectivity index (χ2v) is 8.98. The van der Waals surface area contributed by atoms with Crippen LogP contribution in [-0.2, 0) is 11.8 Å². The standard InChI is InChI=1S/C21H28N2O2/c1-20-8-3-2-5-15-13-21(15,18(20)22)12-14-6-7-16(11-17(14)20)25-19(24)23-9-4-10-23/h6-7,11,15,18H,2-5,8-10,12-13,22H2,1H3/t15-,18+,20+,21?/m0/s1. The Hall–Kier alpha value is -1.55. The van der Waals surface area contributed by atoms with Crippen molar-refractivity contribution in [2.24, 2.45) is 17.1 Å². The number of carbonyl (C=O) groups is 1. The molecule has 3 aliphatic carbocycles. The zero-order chi connectivity index (χ0) is 17.2. The fourth-order valence-corrected chi connectivity index (χ4v) is 5.80. The highest BCUT2D eigenvalue weighted by molar-refractivity contribution is 5.71. The lowest BCUT2D eigenvalue weighted by Crippen LogP contribution is -2.54. The highest BCUT2D eigenvalue weighted by Crippen LogP contribution is 2.66. The van der Waals surface area contributed by atoms with Crippen LogP contribution in [0.15, 0.2) is 18.2 Å². The van der Waals surface area contributed by atoms with Crippen LogP contribution in [0.5, 0.6) is 5.75 Å². The van der Waals surface area contributed by atoms with Crippen molar-refractivity contribution in [1.82, 2.24) is 4.90 Å². The molecular formula is C21H28N2O2. The summed E-state index contributed by atoms with van der Waals surface area (Å²) in [4.78, 5) is 13.9. The van der Waals surface area contributed by atoms with Crippen LogP contribution in [0, 0.1) is 11.3 Å². The third-order valence-corrected chi connectivity index (χ3v) is 7.62. The summed E-state index contributed by atoms with van der Waals surface area (Å²) in [5.74, 6) is 1.49. The van der Waals surface area contributed by atoms with Gasteiger partial charge in [-0.05, 0) is 66.7 Å². The summed E-state index contributed by atoms with van der Waals surface area (Å²) < 4.78 is 5.64. The molecule has 5 rings (SSSR count). The zero-order valence-corrected chi connectivity index (χ0v) is 15.1. The first-order chi connectivity index (χ1) is 12.0. The van der Waals surface area contributed by atoms with Crippen molar-refractivity contribution < 1.29 is 9.53 Å². The van der Waals surface area contributed by atoms with E-state index in [2.05, 4.69) is 19.1 Å². The maximum Gasteiger partial charge on any atom is 0.415 e. The molecule has 1 spiro atoms. The van der Waals surface area contributed by atoms with Crippen LogP contribution in [0.3, 0.4) is 0 Å². The van der Waals surface area contributed by atoms with Crippen LogP contribution in [0.2, 0.25) is 0 Å². The first kappa shape index (κ1) is 15.7. The number of hydrogen-bond donors (Lipinski definition) is 1. The first-order valence-corrected chi connectivity index (χ1v) is 9.89. The van der Waals surface area contributed by atoms with E-state index in [1.54, 1.807) is 4.90 Å². The summed E-state index contributed by atoms with van der Waals surface area (Å²) in [6.45, 7) is 3.98. The number of rotatable bonds is 1. The van der Waals surface area contributed by atoms with Crippen LogP contribution in [-0.4, -0.2) is 30.1 Å². The number of nitrogens with two attached hydrogens (primary N) is 1. The minimum Gasteiger partial charge on any atom is -0.410 e. The van der Waals surface area contributed by atoms with Gasteiger partial charge in [-0.15, -0.1) is 0 Å². The van der Waals surface area contributed by atoms with Gasteiger partial charge in [-0.1, -0.05) is 25.8 Å². The summed E-state index contributed by atoms with van der Waals surface area (Å²) in [6.07, 6.45) is 8.33. The maximum absolute atomic E-state index is 12.2. The van der Waals surface area contributed by atoms with E-state index >= 15 is 0 Å². The van der Waals surface area contributed by atoms with Gasteiger partial charge in [0, 0.05) is 24.5 Å². The molecule has 1 aliphatic heterocycles. The van der Waals surface area contributed by atoms with Gasteiger partial charge in [-0.3, -0.25) is 0 Å². The molecule has 1 amide bonds. The minimum atomic E-state index is -0.215. The number of ether oxygens (including phenoxy) is 1. The average molecular weight is 340 g/mol. The normalized spacial score (nSPS) is 38.6. The third kappa shape index (κ3) is 2.19. The predicted molar refractivity (Wildman–Crippen MR) is 96.7 cm³/mol. The molecule has 1 aromatic carbocycles. The molecule has 0 aromatic heterocycles. The molecule has 4 atom stereocenters. The lowest BCUT2D eigenvalue weighted by molar-refractivity contribution is 0.124. The largest absolute Gasteiger partial charge is 0.415 e. The fraction of sp³-hybridized carbons (Fsp3) is 0.667. The van der Waals surface area contributed by atoms with Crippen LogP contribution < -0.4 is 10.5 Å². The Bertz CT molecular complexity index is 729. The number of benzene rings is 1. The molecule has 4 nitrogen and oxygen atoms in total. The minimum absolute atomic E-state index is 0.00191. The van der Waals surface area contributed by atoms with E-state index in [4.69, 9.17) is 10.5 Å². The number of hydrogen-bond acceptors (Lipinski definition) is 3. The molecule has 3 fully saturated rings. The fourth-order valence-electron chi connectivity index (χ4n) is 5.80. The molecule has 134 valence electrons. The van der Waals surface area contributed by atoms with E-state index in [0.29, 0.717) is 11.2 Å². The Kier molecular flexibility index (Phi) is 3.28. The van der Waals surface area contributed by atoms with Crippen molar-refractivity contribution in [2.45, 2.75) is 63.3 Å². The Balaban J connectivity index is 1.50. The number of nitrogens with zero attached hydrogens (tertiary/aromatic N) is 1. The van der Waals surface area contributed by atoms with Crippen molar-refractivity contribution in [1.29, 1.82) is 0 Å². The first-order valence-electron chi connectivity index (χ1n) is 9.89. The van der Waals surface area contributed by atoms with Gasteiger partial charge in [-0.2, -0.15) is 0 Å². The third-order valence-electron chi connectivity index (χ3n) is 7.62. The Morgan fingerprint density at radius 2 is 2.12 bits per heavy atom. The van der Waals surface area contributed by atoms with Gasteiger partial charge < -0.3 is 15.4 Å². The second-order valence-electron chi connectivity index (χ2n) is 8.98. The van der Waals surface area contributed by atoms with Gasteiger partial charge in [-0.25, -0.2) is 4.79 Å². The van der Waals surface area contributed by atoms with Gasteiger partial charge in [0.1, 0.15) is 5.75 Å². The van der Waals surface area contributed by atoms with Crippen molar-refractivity contribution in [3.63, 3.8) is 0 Å². The average Bonchev–Trinajstić information content (AvgIpc) is 3.22. The quantitative estimate of drug-likeness (QED) is 0.849. The van der Waals surface area contributed by atoms with Gasteiger partial charge in [0.2, 0.25) is 0 Å². The van der Waals surface area contributed by atoms with Crippen molar-refractivity contribution in [3.05, 3.63) is 29.3 Å². The lowest BCUT2D eigenvalue weighted by Gasteiger charge is -2.48. The van der Waals surface area contributed by atoms with E-state index in [-0.39, 0.29) is 17.6 Å². The van der Waals surface area contributed by atoms with E-state index in [0.717, 1.165) is 38.3 Å². The van der Waals surface area contributed by atoms with Crippen molar-refractivity contribution in [3.8, 4) is 5.75 Å². The van der Waals surface area contributed by atoms with Gasteiger partial charge in [0.05, 0.1) is 0 Å². The molecule has 4 aliphatic rings. The van der Waals surface area contributed by atoms with Crippen LogP contribution in [0.4, 0.5) is 4.79 Å². The summed E-state index contributed by atoms with van der Waals surface area (Å²) in [7, 11) is 0. The summed E-state index contributed by atoms with van der Waals surface area (Å²) in [6, 6.07) is 6.50. The molecule has 25 heavy (non-hydrogen) atoms. The van der Waals surface area contributed by atoms with E-state index in [1.165, 1.54) is 36.8 Å². The Labute approximate surface area is 149 Å². The number of amides is 1. The second kappa shape index (κ2) is 5.23. The lowest BCUT2D eigenvalue weighted by atomic mass is 9.59. The molecular weight excluding hydrogens is 312 g/mol. The summed E-state index contributed by atoms with van der Waals surface area (Å²) >= 11 is 0. The van der Waals surface area contributed by atoms with Gasteiger partial charge in [0.25, 0.3) is 0 Å². The molecule has 2 bridgehead atoms. The topological polar surface area (TPSA) is 55.6 Å². The molecule has 1 aromatic rings. The number of carbonyl (C=O) groups excluding carboxylic acids is 1. The molecule has 2 saturated carbocycles. The van der Waals surface area contributed by atoms with Gasteiger partial charge >= 0.3 is 6.09 Å². The van der Waals surface area contributed by atoms with Crippen molar-refractivity contribution in [2.75, 3.05) is 13.1 Å². The molecule has 2 N–H and O–H groups in total. The zero-order valence-electron chi connectivity index (χ0n) is 15.1. The number of fused-ring (bicyclic) bond motifs is 3. The van der Waals surface area contributed by atoms with E-state index < -0.39 is 0 Å². The molecule has 0 radical (unpaired) electrons. The van der Waals surface area contributed by atoms with Crippen LogP contribution in [0.1, 0.15) is 56.6 Å².